The van der Waals surface area contributed by atoms with Crippen molar-refractivity contribution in [3.63, 3.8) is 0 Å². The quantitative estimate of drug-likeness (QED) is 0.774. The van der Waals surface area contributed by atoms with E-state index in [1.54, 1.807) is 11.3 Å². The van der Waals surface area contributed by atoms with Gasteiger partial charge in [-0.3, -0.25) is 9.20 Å². The van der Waals surface area contributed by atoms with Crippen LogP contribution in [0.5, 0.6) is 0 Å². The minimum Gasteiger partial charge on any atom is -0.346 e. The van der Waals surface area contributed by atoms with E-state index < -0.39 is 0 Å². The average Bonchev–Trinajstić information content (AvgIpc) is 3.29. The first kappa shape index (κ1) is 14.4. The molecule has 5 nitrogen and oxygen atoms in total. The highest BCUT2D eigenvalue weighted by Crippen LogP contribution is 2.25. The van der Waals surface area contributed by atoms with Crippen LogP contribution in [0.2, 0.25) is 0 Å². The summed E-state index contributed by atoms with van der Waals surface area (Å²) in [6.07, 6.45) is 5.02. The molecule has 1 aromatic carbocycles. The van der Waals surface area contributed by atoms with Gasteiger partial charge in [0.25, 0.3) is 5.91 Å². The van der Waals surface area contributed by atoms with Gasteiger partial charge < -0.3 is 10.6 Å². The van der Waals surface area contributed by atoms with Crippen LogP contribution in [0.1, 0.15) is 34.0 Å². The predicted octanol–water partition coefficient (Wildman–Crippen LogP) is 2.40. The number of aromatic nitrogens is 2. The van der Waals surface area contributed by atoms with Crippen LogP contribution in [0.25, 0.3) is 4.96 Å². The summed E-state index contributed by atoms with van der Waals surface area (Å²) >= 11 is 1.59. The number of amides is 1. The van der Waals surface area contributed by atoms with E-state index in [0.717, 1.165) is 41.3 Å². The first-order valence-electron chi connectivity index (χ1n) is 7.80. The number of rotatable bonds is 4. The second-order valence-corrected chi connectivity index (χ2v) is 6.66. The Balaban J connectivity index is 1.49. The first-order chi connectivity index (χ1) is 11.3. The maximum Gasteiger partial charge on any atom is 0.251 e. The van der Waals surface area contributed by atoms with E-state index in [2.05, 4.69) is 21.7 Å². The molecule has 1 aliphatic rings. The van der Waals surface area contributed by atoms with E-state index in [-0.39, 0.29) is 5.91 Å². The molecular formula is C17H18N4OS. The minimum atomic E-state index is -0.0242. The summed E-state index contributed by atoms with van der Waals surface area (Å²) in [7, 11) is 0. The van der Waals surface area contributed by atoms with Gasteiger partial charge in [0.15, 0.2) is 4.96 Å². The standard InChI is InChI=1S/C17H18N4OS/c22-16(19-10-13-11-21-7-8-23-17(21)20-13)15-4-2-1-3-14(15)12-5-6-18-9-12/h1-4,7-8,11-12,18H,5-6,9-10H2,(H,19,22)/t12-/m0/s1. The summed E-state index contributed by atoms with van der Waals surface area (Å²) in [6.45, 7) is 2.41. The van der Waals surface area contributed by atoms with Crippen molar-refractivity contribution in [3.8, 4) is 0 Å². The summed E-state index contributed by atoms with van der Waals surface area (Å²) in [5, 5.41) is 8.36. The molecule has 1 atom stereocenters. The van der Waals surface area contributed by atoms with Gasteiger partial charge in [0.2, 0.25) is 0 Å². The number of thiazole rings is 1. The van der Waals surface area contributed by atoms with Gasteiger partial charge in [-0.1, -0.05) is 18.2 Å². The number of hydrogen-bond donors (Lipinski definition) is 2. The highest BCUT2D eigenvalue weighted by Gasteiger charge is 2.21. The fourth-order valence-corrected chi connectivity index (χ4v) is 3.83. The molecule has 0 spiro atoms. The Morgan fingerprint density at radius 3 is 3.17 bits per heavy atom. The maximum atomic E-state index is 12.6. The van der Waals surface area contributed by atoms with Crippen LogP contribution in [0.4, 0.5) is 0 Å². The van der Waals surface area contributed by atoms with Crippen molar-refractivity contribution in [1.29, 1.82) is 0 Å². The van der Waals surface area contributed by atoms with E-state index in [9.17, 15) is 4.79 Å². The summed E-state index contributed by atoms with van der Waals surface area (Å²) in [5.74, 6) is 0.402. The Morgan fingerprint density at radius 1 is 1.43 bits per heavy atom. The highest BCUT2D eigenvalue weighted by molar-refractivity contribution is 7.15. The number of nitrogens with zero attached hydrogens (tertiary/aromatic N) is 2. The molecule has 2 aromatic heterocycles. The summed E-state index contributed by atoms with van der Waals surface area (Å²) in [4.78, 5) is 18.0. The maximum absolute atomic E-state index is 12.6. The average molecular weight is 326 g/mol. The molecule has 0 aliphatic carbocycles. The summed E-state index contributed by atoms with van der Waals surface area (Å²) < 4.78 is 1.98. The van der Waals surface area contributed by atoms with Crippen LogP contribution in [-0.4, -0.2) is 28.4 Å². The lowest BCUT2D eigenvalue weighted by molar-refractivity contribution is 0.0949. The van der Waals surface area contributed by atoms with E-state index in [1.165, 1.54) is 0 Å². The molecule has 3 heterocycles. The van der Waals surface area contributed by atoms with Crippen LogP contribution in [0, 0.1) is 0 Å². The van der Waals surface area contributed by atoms with Gasteiger partial charge in [-0.05, 0) is 30.5 Å². The lowest BCUT2D eigenvalue weighted by atomic mass is 9.93. The van der Waals surface area contributed by atoms with Crippen LogP contribution >= 0.6 is 11.3 Å². The lowest BCUT2D eigenvalue weighted by Crippen LogP contribution is -2.25. The molecule has 1 aliphatic heterocycles. The number of carbonyl (C=O) groups is 1. The third-order valence-corrected chi connectivity index (χ3v) is 5.05. The van der Waals surface area contributed by atoms with E-state index in [0.29, 0.717) is 12.5 Å². The number of nitrogens with one attached hydrogen (secondary N) is 2. The molecular weight excluding hydrogens is 308 g/mol. The molecule has 1 amide bonds. The second-order valence-electron chi connectivity index (χ2n) is 5.78. The Labute approximate surface area is 138 Å². The van der Waals surface area contributed by atoms with E-state index in [4.69, 9.17) is 0 Å². The van der Waals surface area contributed by atoms with Gasteiger partial charge in [0.1, 0.15) is 0 Å². The Kier molecular flexibility index (Phi) is 3.85. The SMILES string of the molecule is O=C(NCc1cn2ccsc2n1)c1ccccc1[C@H]1CCNC1. The molecule has 4 rings (SSSR count). The zero-order valence-electron chi connectivity index (χ0n) is 12.7. The summed E-state index contributed by atoms with van der Waals surface area (Å²) in [5.41, 5.74) is 2.80. The zero-order chi connectivity index (χ0) is 15.6. The van der Waals surface area contributed by atoms with Crippen molar-refractivity contribution in [2.45, 2.75) is 18.9 Å². The van der Waals surface area contributed by atoms with Crippen molar-refractivity contribution in [2.24, 2.45) is 0 Å². The van der Waals surface area contributed by atoms with Crippen LogP contribution in [0.15, 0.2) is 42.0 Å². The third kappa shape index (κ3) is 2.87. The fraction of sp³-hybridized carbons (Fsp3) is 0.294. The highest BCUT2D eigenvalue weighted by atomic mass is 32.1. The van der Waals surface area contributed by atoms with Gasteiger partial charge in [0.05, 0.1) is 12.2 Å². The second kappa shape index (κ2) is 6.14. The fourth-order valence-electron chi connectivity index (χ4n) is 3.11. The Morgan fingerprint density at radius 2 is 2.35 bits per heavy atom. The number of fused-ring (bicyclic) bond motifs is 1. The van der Waals surface area contributed by atoms with Crippen LogP contribution in [-0.2, 0) is 6.54 Å². The number of benzene rings is 1. The summed E-state index contributed by atoms with van der Waals surface area (Å²) in [6, 6.07) is 7.91. The smallest absolute Gasteiger partial charge is 0.251 e. The molecule has 23 heavy (non-hydrogen) atoms. The van der Waals surface area contributed by atoms with Gasteiger partial charge >= 0.3 is 0 Å². The molecule has 1 fully saturated rings. The predicted molar refractivity (Wildman–Crippen MR) is 90.9 cm³/mol. The monoisotopic (exact) mass is 326 g/mol. The van der Waals surface area contributed by atoms with Crippen molar-refractivity contribution >= 4 is 22.2 Å². The van der Waals surface area contributed by atoms with Gasteiger partial charge in [0, 0.05) is 29.9 Å². The van der Waals surface area contributed by atoms with Crippen molar-refractivity contribution in [3.05, 3.63) is 58.9 Å². The van der Waals surface area contributed by atoms with Crippen molar-refractivity contribution in [2.75, 3.05) is 13.1 Å². The Hall–Kier alpha value is -2.18. The van der Waals surface area contributed by atoms with Gasteiger partial charge in [-0.2, -0.15) is 0 Å². The minimum absolute atomic E-state index is 0.0242. The molecule has 6 heteroatoms. The zero-order valence-corrected chi connectivity index (χ0v) is 13.5. The molecule has 0 radical (unpaired) electrons. The number of hydrogen-bond acceptors (Lipinski definition) is 4. The van der Waals surface area contributed by atoms with Gasteiger partial charge in [-0.15, -0.1) is 11.3 Å². The Bertz CT molecular complexity index is 803. The van der Waals surface area contributed by atoms with Crippen molar-refractivity contribution in [1.82, 2.24) is 20.0 Å². The third-order valence-electron chi connectivity index (χ3n) is 4.28. The lowest BCUT2D eigenvalue weighted by Gasteiger charge is -2.14. The first-order valence-corrected chi connectivity index (χ1v) is 8.68. The molecule has 1 saturated heterocycles. The molecule has 118 valence electrons. The molecule has 2 N–H and O–H groups in total. The molecule has 0 bridgehead atoms. The normalized spacial score (nSPS) is 17.7. The van der Waals surface area contributed by atoms with Crippen LogP contribution in [0.3, 0.4) is 0 Å². The van der Waals surface area contributed by atoms with Crippen molar-refractivity contribution < 1.29 is 4.79 Å². The molecule has 0 unspecified atom stereocenters. The van der Waals surface area contributed by atoms with E-state index >= 15 is 0 Å². The van der Waals surface area contributed by atoms with E-state index in [1.807, 2.05) is 40.4 Å². The number of imidazole rings is 1. The van der Waals surface area contributed by atoms with Crippen LogP contribution < -0.4 is 10.6 Å². The van der Waals surface area contributed by atoms with Gasteiger partial charge in [-0.25, -0.2) is 4.98 Å². The molecule has 3 aromatic rings. The molecule has 0 saturated carbocycles. The topological polar surface area (TPSA) is 58.4 Å². The number of carbonyl (C=O) groups excluding carboxylic acids is 1. The largest absolute Gasteiger partial charge is 0.346 e.